The van der Waals surface area contributed by atoms with E-state index in [2.05, 4.69) is 18.8 Å². The zero-order chi connectivity index (χ0) is 8.97. The lowest BCUT2D eigenvalue weighted by atomic mass is 10.2. The van der Waals surface area contributed by atoms with Gasteiger partial charge in [-0.25, -0.2) is 0 Å². The van der Waals surface area contributed by atoms with Crippen LogP contribution in [0.3, 0.4) is 0 Å². The van der Waals surface area contributed by atoms with Gasteiger partial charge in [-0.2, -0.15) is 0 Å². The molecule has 0 aliphatic heterocycles. The maximum Gasteiger partial charge on any atom is 0.124 e. The SMILES string of the molecule is C=CC(NCC)c1ccc(C)o1. The van der Waals surface area contributed by atoms with Crippen molar-refractivity contribution in [1.82, 2.24) is 5.32 Å². The Bertz CT molecular complexity index is 252. The van der Waals surface area contributed by atoms with Crippen LogP contribution in [-0.4, -0.2) is 6.54 Å². The van der Waals surface area contributed by atoms with Crippen LogP contribution in [0.4, 0.5) is 0 Å². The van der Waals surface area contributed by atoms with Crippen LogP contribution >= 0.6 is 0 Å². The van der Waals surface area contributed by atoms with Crippen molar-refractivity contribution in [2.24, 2.45) is 0 Å². The first-order valence-electron chi connectivity index (χ1n) is 4.20. The van der Waals surface area contributed by atoms with Crippen molar-refractivity contribution in [2.45, 2.75) is 19.9 Å². The number of hydrogen-bond donors (Lipinski definition) is 1. The van der Waals surface area contributed by atoms with Gasteiger partial charge >= 0.3 is 0 Å². The fourth-order valence-corrected chi connectivity index (χ4v) is 1.14. The number of rotatable bonds is 4. The Balaban J connectivity index is 2.72. The third kappa shape index (κ3) is 1.98. The van der Waals surface area contributed by atoms with E-state index in [0.29, 0.717) is 0 Å². The van der Waals surface area contributed by atoms with Crippen LogP contribution in [0.1, 0.15) is 24.5 Å². The van der Waals surface area contributed by atoms with Gasteiger partial charge in [0.2, 0.25) is 0 Å². The number of furan rings is 1. The van der Waals surface area contributed by atoms with Crippen LogP contribution in [0.15, 0.2) is 29.2 Å². The van der Waals surface area contributed by atoms with Gasteiger partial charge in [-0.15, -0.1) is 6.58 Å². The molecule has 0 saturated heterocycles. The van der Waals surface area contributed by atoms with Crippen LogP contribution in [-0.2, 0) is 0 Å². The Labute approximate surface area is 73.3 Å². The van der Waals surface area contributed by atoms with E-state index >= 15 is 0 Å². The van der Waals surface area contributed by atoms with Gasteiger partial charge in [-0.1, -0.05) is 13.0 Å². The average molecular weight is 165 g/mol. The lowest BCUT2D eigenvalue weighted by Gasteiger charge is -2.09. The fourth-order valence-electron chi connectivity index (χ4n) is 1.14. The summed E-state index contributed by atoms with van der Waals surface area (Å²) in [6.45, 7) is 8.66. The molecule has 12 heavy (non-hydrogen) atoms. The summed E-state index contributed by atoms with van der Waals surface area (Å²) >= 11 is 0. The first-order chi connectivity index (χ1) is 5.77. The summed E-state index contributed by atoms with van der Waals surface area (Å²) in [4.78, 5) is 0. The summed E-state index contributed by atoms with van der Waals surface area (Å²) in [7, 11) is 0. The molecule has 0 aliphatic rings. The molecule has 2 heteroatoms. The molecule has 1 aromatic heterocycles. The Kier molecular flexibility index (Phi) is 3.11. The lowest BCUT2D eigenvalue weighted by molar-refractivity contribution is 0.440. The molecule has 0 aromatic carbocycles. The predicted octanol–water partition coefficient (Wildman–Crippen LogP) is 2.42. The maximum absolute atomic E-state index is 5.46. The van der Waals surface area contributed by atoms with E-state index < -0.39 is 0 Å². The van der Waals surface area contributed by atoms with Gasteiger partial charge in [0, 0.05) is 0 Å². The molecule has 1 N–H and O–H groups in total. The van der Waals surface area contributed by atoms with Crippen molar-refractivity contribution in [3.8, 4) is 0 Å². The number of hydrogen-bond acceptors (Lipinski definition) is 2. The van der Waals surface area contributed by atoms with Gasteiger partial charge in [0.15, 0.2) is 0 Å². The Morgan fingerprint density at radius 1 is 1.67 bits per heavy atom. The summed E-state index contributed by atoms with van der Waals surface area (Å²) in [6.07, 6.45) is 1.85. The molecule has 0 saturated carbocycles. The molecule has 0 spiro atoms. The van der Waals surface area contributed by atoms with Gasteiger partial charge in [0.25, 0.3) is 0 Å². The van der Waals surface area contributed by atoms with E-state index in [0.717, 1.165) is 18.1 Å². The predicted molar refractivity (Wildman–Crippen MR) is 50.1 cm³/mol. The molecule has 1 unspecified atom stereocenters. The summed E-state index contributed by atoms with van der Waals surface area (Å²) < 4.78 is 5.46. The van der Waals surface area contributed by atoms with E-state index in [4.69, 9.17) is 4.42 Å². The highest BCUT2D eigenvalue weighted by atomic mass is 16.3. The number of likely N-dealkylation sites (N-methyl/N-ethyl adjacent to an activating group) is 1. The second kappa shape index (κ2) is 4.12. The molecule has 2 nitrogen and oxygen atoms in total. The normalized spacial score (nSPS) is 12.8. The highest BCUT2D eigenvalue weighted by Crippen LogP contribution is 2.16. The van der Waals surface area contributed by atoms with Crippen molar-refractivity contribution in [3.63, 3.8) is 0 Å². The molecule has 0 fully saturated rings. The average Bonchev–Trinajstić information content (AvgIpc) is 2.47. The fraction of sp³-hybridized carbons (Fsp3) is 0.400. The molecule has 0 bridgehead atoms. The molecule has 0 amide bonds. The van der Waals surface area contributed by atoms with Crippen LogP contribution < -0.4 is 5.32 Å². The van der Waals surface area contributed by atoms with Gasteiger partial charge in [0.1, 0.15) is 11.5 Å². The second-order valence-corrected chi connectivity index (χ2v) is 2.72. The summed E-state index contributed by atoms with van der Waals surface area (Å²) in [5, 5.41) is 3.25. The van der Waals surface area contributed by atoms with E-state index in [1.165, 1.54) is 0 Å². The van der Waals surface area contributed by atoms with Crippen molar-refractivity contribution < 1.29 is 4.42 Å². The smallest absolute Gasteiger partial charge is 0.124 e. The first-order valence-corrected chi connectivity index (χ1v) is 4.20. The third-order valence-corrected chi connectivity index (χ3v) is 1.73. The van der Waals surface area contributed by atoms with Crippen LogP contribution in [0.25, 0.3) is 0 Å². The monoisotopic (exact) mass is 165 g/mol. The zero-order valence-electron chi connectivity index (χ0n) is 7.63. The highest BCUT2D eigenvalue weighted by Gasteiger charge is 2.08. The molecule has 0 aliphatic carbocycles. The van der Waals surface area contributed by atoms with Gasteiger partial charge in [0.05, 0.1) is 6.04 Å². The standard InChI is InChI=1S/C10H15NO/c1-4-9(11-5-2)10-7-6-8(3)12-10/h4,6-7,9,11H,1,5H2,2-3H3. The van der Waals surface area contributed by atoms with Crippen molar-refractivity contribution in [2.75, 3.05) is 6.54 Å². The number of nitrogens with one attached hydrogen (secondary N) is 1. The largest absolute Gasteiger partial charge is 0.464 e. The van der Waals surface area contributed by atoms with Crippen molar-refractivity contribution >= 4 is 0 Å². The minimum Gasteiger partial charge on any atom is -0.464 e. The maximum atomic E-state index is 5.46. The van der Waals surface area contributed by atoms with E-state index in [1.807, 2.05) is 25.1 Å². The highest BCUT2D eigenvalue weighted by molar-refractivity contribution is 5.13. The molecule has 66 valence electrons. The van der Waals surface area contributed by atoms with Gasteiger partial charge < -0.3 is 9.73 Å². The van der Waals surface area contributed by atoms with E-state index in [1.54, 1.807) is 0 Å². The molecule has 1 aromatic rings. The minimum absolute atomic E-state index is 0.142. The summed E-state index contributed by atoms with van der Waals surface area (Å²) in [5.41, 5.74) is 0. The van der Waals surface area contributed by atoms with Crippen LogP contribution in [0, 0.1) is 6.92 Å². The van der Waals surface area contributed by atoms with Crippen molar-refractivity contribution in [3.05, 3.63) is 36.3 Å². The molecule has 1 heterocycles. The zero-order valence-corrected chi connectivity index (χ0v) is 7.63. The minimum atomic E-state index is 0.142. The van der Waals surface area contributed by atoms with Crippen LogP contribution in [0.5, 0.6) is 0 Å². The number of aryl methyl sites for hydroxylation is 1. The molecular weight excluding hydrogens is 150 g/mol. The second-order valence-electron chi connectivity index (χ2n) is 2.72. The Hall–Kier alpha value is -1.02. The molecule has 1 atom stereocenters. The quantitative estimate of drug-likeness (QED) is 0.693. The molecule has 1 rings (SSSR count). The summed E-state index contributed by atoms with van der Waals surface area (Å²) in [5.74, 6) is 1.87. The lowest BCUT2D eigenvalue weighted by Crippen LogP contribution is -2.17. The van der Waals surface area contributed by atoms with Gasteiger partial charge in [-0.05, 0) is 25.6 Å². The molecular formula is C10H15NO. The first kappa shape index (κ1) is 9.07. The topological polar surface area (TPSA) is 25.2 Å². The Morgan fingerprint density at radius 3 is 2.83 bits per heavy atom. The summed E-state index contributed by atoms with van der Waals surface area (Å²) in [6, 6.07) is 4.08. The molecule has 0 radical (unpaired) electrons. The third-order valence-electron chi connectivity index (χ3n) is 1.73. The van der Waals surface area contributed by atoms with Crippen LogP contribution in [0.2, 0.25) is 0 Å². The van der Waals surface area contributed by atoms with E-state index in [9.17, 15) is 0 Å². The van der Waals surface area contributed by atoms with Crippen molar-refractivity contribution in [1.29, 1.82) is 0 Å². The van der Waals surface area contributed by atoms with Gasteiger partial charge in [-0.3, -0.25) is 0 Å². The van der Waals surface area contributed by atoms with E-state index in [-0.39, 0.29) is 6.04 Å². The Morgan fingerprint density at radius 2 is 2.42 bits per heavy atom.